The number of hydrogen-bond acceptors (Lipinski definition) is 4. The highest BCUT2D eigenvalue weighted by Crippen LogP contribution is 2.18. The number of nitriles is 2. The molecule has 0 heterocycles. The standard InChI is InChI=1S/C20H18Br2N2O2S/c21-19-5-1-15(2-6-19)9-17(11-23)13-27(25,26)14-18(12-24)10-16-3-7-20(22)8-4-16/h1-8,17-18H,9-10,13-14H2. The number of halogens is 2. The molecule has 2 aromatic carbocycles. The van der Waals surface area contributed by atoms with Gasteiger partial charge >= 0.3 is 0 Å². The summed E-state index contributed by atoms with van der Waals surface area (Å²) in [6, 6.07) is 19.1. The summed E-state index contributed by atoms with van der Waals surface area (Å²) in [5, 5.41) is 18.7. The van der Waals surface area contributed by atoms with Crippen LogP contribution in [0.25, 0.3) is 0 Å². The van der Waals surface area contributed by atoms with Crippen molar-refractivity contribution in [1.82, 2.24) is 0 Å². The zero-order valence-corrected chi connectivity index (χ0v) is 18.5. The van der Waals surface area contributed by atoms with Crippen molar-refractivity contribution in [3.8, 4) is 12.1 Å². The Hall–Kier alpha value is -1.67. The van der Waals surface area contributed by atoms with Crippen LogP contribution in [0.3, 0.4) is 0 Å². The van der Waals surface area contributed by atoms with E-state index in [9.17, 15) is 18.9 Å². The Labute approximate surface area is 177 Å². The Kier molecular flexibility index (Phi) is 8.04. The Morgan fingerprint density at radius 2 is 1.07 bits per heavy atom. The molecule has 140 valence electrons. The number of nitrogens with zero attached hydrogens (tertiary/aromatic N) is 2. The van der Waals surface area contributed by atoms with Gasteiger partial charge < -0.3 is 0 Å². The van der Waals surface area contributed by atoms with Crippen LogP contribution in [0.15, 0.2) is 57.5 Å². The van der Waals surface area contributed by atoms with Crippen LogP contribution in [0.5, 0.6) is 0 Å². The van der Waals surface area contributed by atoms with Crippen LogP contribution in [0.2, 0.25) is 0 Å². The zero-order chi connectivity index (χ0) is 19.9. The molecule has 0 amide bonds. The summed E-state index contributed by atoms with van der Waals surface area (Å²) in [5.41, 5.74) is 1.82. The molecule has 0 aliphatic carbocycles. The van der Waals surface area contributed by atoms with Gasteiger partial charge in [-0.3, -0.25) is 0 Å². The highest BCUT2D eigenvalue weighted by molar-refractivity contribution is 9.10. The second kappa shape index (κ2) is 10.0. The van der Waals surface area contributed by atoms with Crippen LogP contribution < -0.4 is 0 Å². The average molecular weight is 510 g/mol. The first-order valence-corrected chi connectivity index (χ1v) is 11.7. The zero-order valence-electron chi connectivity index (χ0n) is 14.5. The third-order valence-electron chi connectivity index (χ3n) is 4.07. The molecule has 2 unspecified atom stereocenters. The first-order chi connectivity index (χ1) is 12.8. The van der Waals surface area contributed by atoms with Gasteiger partial charge in [-0.15, -0.1) is 0 Å². The molecule has 0 aliphatic heterocycles. The van der Waals surface area contributed by atoms with Gasteiger partial charge in [0.25, 0.3) is 0 Å². The number of benzene rings is 2. The highest BCUT2D eigenvalue weighted by atomic mass is 79.9. The molecule has 27 heavy (non-hydrogen) atoms. The minimum absolute atomic E-state index is 0.238. The molecule has 2 aromatic rings. The largest absolute Gasteiger partial charge is 0.229 e. The Morgan fingerprint density at radius 3 is 1.37 bits per heavy atom. The van der Waals surface area contributed by atoms with E-state index in [1.54, 1.807) is 0 Å². The minimum atomic E-state index is -3.52. The van der Waals surface area contributed by atoms with Gasteiger partial charge in [0.2, 0.25) is 0 Å². The summed E-state index contributed by atoms with van der Waals surface area (Å²) in [6.07, 6.45) is 0.736. The number of hydrogen-bond donors (Lipinski definition) is 0. The van der Waals surface area contributed by atoms with E-state index >= 15 is 0 Å². The van der Waals surface area contributed by atoms with Crippen molar-refractivity contribution in [1.29, 1.82) is 10.5 Å². The Bertz CT molecular complexity index is 870. The fraction of sp³-hybridized carbons (Fsp3) is 0.300. The van der Waals surface area contributed by atoms with E-state index in [2.05, 4.69) is 44.0 Å². The van der Waals surface area contributed by atoms with Crippen molar-refractivity contribution in [2.75, 3.05) is 11.5 Å². The van der Waals surface area contributed by atoms with E-state index in [0.717, 1.165) is 20.1 Å². The van der Waals surface area contributed by atoms with Gasteiger partial charge in [-0.25, -0.2) is 8.42 Å². The Morgan fingerprint density at radius 1 is 0.741 bits per heavy atom. The van der Waals surface area contributed by atoms with E-state index in [-0.39, 0.29) is 11.5 Å². The van der Waals surface area contributed by atoms with Gasteiger partial charge in [0.15, 0.2) is 9.84 Å². The summed E-state index contributed by atoms with van der Waals surface area (Å²) in [7, 11) is -3.52. The van der Waals surface area contributed by atoms with Crippen LogP contribution in [0, 0.1) is 34.5 Å². The van der Waals surface area contributed by atoms with E-state index < -0.39 is 21.7 Å². The fourth-order valence-corrected chi connectivity index (χ4v) is 5.05. The van der Waals surface area contributed by atoms with E-state index in [4.69, 9.17) is 0 Å². The maximum atomic E-state index is 12.5. The minimum Gasteiger partial charge on any atom is -0.229 e. The average Bonchev–Trinajstić information content (AvgIpc) is 2.63. The molecular weight excluding hydrogens is 492 g/mol. The van der Waals surface area contributed by atoms with E-state index in [1.807, 2.05) is 48.5 Å². The molecule has 0 radical (unpaired) electrons. The first-order valence-electron chi connectivity index (χ1n) is 8.30. The molecule has 0 spiro atoms. The molecule has 2 atom stereocenters. The number of rotatable bonds is 8. The maximum absolute atomic E-state index is 12.5. The third kappa shape index (κ3) is 7.46. The summed E-state index contributed by atoms with van der Waals surface area (Å²) in [6.45, 7) is 0. The van der Waals surface area contributed by atoms with Gasteiger partial charge in [0, 0.05) is 8.95 Å². The van der Waals surface area contributed by atoms with Crippen molar-refractivity contribution in [3.05, 3.63) is 68.6 Å². The summed E-state index contributed by atoms with van der Waals surface area (Å²) in [4.78, 5) is 0. The molecule has 0 fully saturated rings. The van der Waals surface area contributed by atoms with Crippen molar-refractivity contribution in [2.45, 2.75) is 12.8 Å². The molecule has 0 N–H and O–H groups in total. The Balaban J connectivity index is 2.00. The molecule has 7 heteroatoms. The van der Waals surface area contributed by atoms with Crippen molar-refractivity contribution in [2.24, 2.45) is 11.8 Å². The summed E-state index contributed by atoms with van der Waals surface area (Å²) in [5.74, 6) is -1.75. The van der Waals surface area contributed by atoms with E-state index in [0.29, 0.717) is 12.8 Å². The summed E-state index contributed by atoms with van der Waals surface area (Å²) < 4.78 is 26.9. The SMILES string of the molecule is N#CC(Cc1ccc(Br)cc1)CS(=O)(=O)CC(C#N)Cc1ccc(Br)cc1. The van der Waals surface area contributed by atoms with Crippen molar-refractivity contribution >= 4 is 41.7 Å². The predicted octanol–water partition coefficient (Wildman–Crippen LogP) is 4.69. The monoisotopic (exact) mass is 508 g/mol. The lowest BCUT2D eigenvalue weighted by Crippen LogP contribution is -2.24. The second-order valence-corrected chi connectivity index (χ2v) is 10.4. The lowest BCUT2D eigenvalue weighted by molar-refractivity contribution is 0.573. The molecule has 0 saturated carbocycles. The van der Waals surface area contributed by atoms with Gasteiger partial charge in [-0.1, -0.05) is 56.1 Å². The maximum Gasteiger partial charge on any atom is 0.152 e. The molecular formula is C20H18Br2N2O2S. The molecule has 0 bridgehead atoms. The second-order valence-electron chi connectivity index (χ2n) is 6.39. The molecule has 0 saturated heterocycles. The normalized spacial score (nSPS) is 13.3. The third-order valence-corrected chi connectivity index (χ3v) is 6.94. The molecule has 0 aliphatic rings. The van der Waals surface area contributed by atoms with Crippen LogP contribution in [-0.4, -0.2) is 19.9 Å². The van der Waals surface area contributed by atoms with E-state index in [1.165, 1.54) is 0 Å². The van der Waals surface area contributed by atoms with Crippen LogP contribution in [0.4, 0.5) is 0 Å². The van der Waals surface area contributed by atoms with Crippen LogP contribution in [-0.2, 0) is 22.7 Å². The smallest absolute Gasteiger partial charge is 0.152 e. The van der Waals surface area contributed by atoms with Crippen molar-refractivity contribution in [3.63, 3.8) is 0 Å². The molecule has 0 aromatic heterocycles. The first kappa shape index (κ1) is 21.6. The lowest BCUT2D eigenvalue weighted by atomic mass is 10.0. The molecule has 4 nitrogen and oxygen atoms in total. The van der Waals surface area contributed by atoms with Gasteiger partial charge in [0.1, 0.15) is 0 Å². The summed E-state index contributed by atoms with van der Waals surface area (Å²) >= 11 is 6.70. The van der Waals surface area contributed by atoms with Crippen LogP contribution >= 0.6 is 31.9 Å². The van der Waals surface area contributed by atoms with Gasteiger partial charge in [0.05, 0.1) is 35.5 Å². The van der Waals surface area contributed by atoms with Gasteiger partial charge in [-0.2, -0.15) is 10.5 Å². The highest BCUT2D eigenvalue weighted by Gasteiger charge is 2.24. The predicted molar refractivity (Wildman–Crippen MR) is 113 cm³/mol. The quantitative estimate of drug-likeness (QED) is 0.516. The topological polar surface area (TPSA) is 81.7 Å². The van der Waals surface area contributed by atoms with Crippen molar-refractivity contribution < 1.29 is 8.42 Å². The number of sulfone groups is 1. The molecule has 2 rings (SSSR count). The fourth-order valence-electron chi connectivity index (χ4n) is 2.77. The van der Waals surface area contributed by atoms with Gasteiger partial charge in [-0.05, 0) is 48.2 Å². The van der Waals surface area contributed by atoms with Crippen LogP contribution in [0.1, 0.15) is 11.1 Å². The lowest BCUT2D eigenvalue weighted by Gasteiger charge is -2.13.